The van der Waals surface area contributed by atoms with Gasteiger partial charge in [-0.05, 0) is 72.8 Å². The van der Waals surface area contributed by atoms with Crippen LogP contribution in [-0.2, 0) is 0 Å². The van der Waals surface area contributed by atoms with Gasteiger partial charge in [0.05, 0.1) is 0 Å². The molecule has 3 heteroatoms. The smallest absolute Gasteiger partial charge is 0.0153 e. The van der Waals surface area contributed by atoms with Crippen molar-refractivity contribution in [2.24, 2.45) is 11.7 Å². The zero-order valence-corrected chi connectivity index (χ0v) is 11.5. The first-order valence-corrected chi connectivity index (χ1v) is 6.55. The molecule has 3 nitrogen and oxygen atoms in total. The SMILES string of the molecule is CN(C)CCCN1CC(CN)CCC1(C)C. The zero-order valence-electron chi connectivity index (χ0n) is 11.5. The van der Waals surface area contributed by atoms with Crippen LogP contribution in [0.15, 0.2) is 0 Å². The zero-order chi connectivity index (χ0) is 12.2. The van der Waals surface area contributed by atoms with E-state index in [4.69, 9.17) is 5.73 Å². The largest absolute Gasteiger partial charge is 0.330 e. The summed E-state index contributed by atoms with van der Waals surface area (Å²) >= 11 is 0. The molecule has 1 rings (SSSR count). The molecule has 0 aromatic carbocycles. The van der Waals surface area contributed by atoms with Crippen LogP contribution in [-0.4, -0.2) is 55.6 Å². The van der Waals surface area contributed by atoms with Crippen molar-refractivity contribution >= 4 is 0 Å². The molecule has 0 aromatic rings. The summed E-state index contributed by atoms with van der Waals surface area (Å²) in [5, 5.41) is 0. The Morgan fingerprint density at radius 1 is 1.38 bits per heavy atom. The molecule has 2 N–H and O–H groups in total. The van der Waals surface area contributed by atoms with Crippen molar-refractivity contribution in [3.05, 3.63) is 0 Å². The summed E-state index contributed by atoms with van der Waals surface area (Å²) in [6.45, 7) is 9.17. The van der Waals surface area contributed by atoms with Gasteiger partial charge in [-0.1, -0.05) is 0 Å². The molecule has 1 aliphatic rings. The lowest BCUT2D eigenvalue weighted by molar-refractivity contribution is 0.0450. The lowest BCUT2D eigenvalue weighted by Crippen LogP contribution is -2.52. The Labute approximate surface area is 101 Å². The standard InChI is InChI=1S/C13H29N3/c1-13(2)7-6-12(10-14)11-16(13)9-5-8-15(3)4/h12H,5-11,14H2,1-4H3. The Bertz CT molecular complexity index is 201. The first-order valence-electron chi connectivity index (χ1n) is 6.55. The van der Waals surface area contributed by atoms with Crippen molar-refractivity contribution in [2.75, 3.05) is 40.3 Å². The Hall–Kier alpha value is -0.120. The summed E-state index contributed by atoms with van der Waals surface area (Å²) in [7, 11) is 4.29. The third kappa shape index (κ3) is 4.04. The first-order chi connectivity index (χ1) is 7.45. The highest BCUT2D eigenvalue weighted by Gasteiger charge is 2.32. The maximum Gasteiger partial charge on any atom is 0.0153 e. The first kappa shape index (κ1) is 13.9. The highest BCUT2D eigenvalue weighted by molar-refractivity contribution is 4.89. The maximum atomic E-state index is 5.80. The Kier molecular flexibility index (Phi) is 5.22. The lowest BCUT2D eigenvalue weighted by atomic mass is 9.84. The topological polar surface area (TPSA) is 32.5 Å². The van der Waals surface area contributed by atoms with E-state index in [-0.39, 0.29) is 0 Å². The number of nitrogens with zero attached hydrogens (tertiary/aromatic N) is 2. The number of hydrogen-bond acceptors (Lipinski definition) is 3. The molecule has 16 heavy (non-hydrogen) atoms. The molecule has 1 atom stereocenters. The van der Waals surface area contributed by atoms with E-state index in [0.29, 0.717) is 11.5 Å². The van der Waals surface area contributed by atoms with Crippen LogP contribution in [0.2, 0.25) is 0 Å². The van der Waals surface area contributed by atoms with Gasteiger partial charge >= 0.3 is 0 Å². The summed E-state index contributed by atoms with van der Waals surface area (Å²) in [5.41, 5.74) is 6.17. The predicted molar refractivity (Wildman–Crippen MR) is 70.6 cm³/mol. The molecule has 96 valence electrons. The molecule has 1 fully saturated rings. The van der Waals surface area contributed by atoms with Crippen molar-refractivity contribution in [2.45, 2.75) is 38.6 Å². The van der Waals surface area contributed by atoms with E-state index < -0.39 is 0 Å². The molecule has 0 spiro atoms. The molecule has 0 aliphatic carbocycles. The molecule has 1 aliphatic heterocycles. The van der Waals surface area contributed by atoms with Gasteiger partial charge in [0.25, 0.3) is 0 Å². The molecule has 1 heterocycles. The van der Waals surface area contributed by atoms with Crippen molar-refractivity contribution in [1.29, 1.82) is 0 Å². The highest BCUT2D eigenvalue weighted by atomic mass is 15.2. The fourth-order valence-corrected chi connectivity index (χ4v) is 2.53. The van der Waals surface area contributed by atoms with Gasteiger partial charge in [0.2, 0.25) is 0 Å². The van der Waals surface area contributed by atoms with E-state index in [1.807, 2.05) is 0 Å². The second-order valence-electron chi connectivity index (χ2n) is 6.06. The Morgan fingerprint density at radius 3 is 2.62 bits per heavy atom. The molecule has 0 radical (unpaired) electrons. The van der Waals surface area contributed by atoms with Gasteiger partial charge in [0, 0.05) is 12.1 Å². The van der Waals surface area contributed by atoms with Crippen LogP contribution in [0, 0.1) is 5.92 Å². The van der Waals surface area contributed by atoms with Crippen molar-refractivity contribution in [1.82, 2.24) is 9.80 Å². The molecular formula is C13H29N3. The molecule has 0 aromatic heterocycles. The van der Waals surface area contributed by atoms with Gasteiger partial charge in [0.15, 0.2) is 0 Å². The van der Waals surface area contributed by atoms with Crippen molar-refractivity contribution < 1.29 is 0 Å². The monoisotopic (exact) mass is 227 g/mol. The van der Waals surface area contributed by atoms with Crippen LogP contribution < -0.4 is 5.73 Å². The summed E-state index contributed by atoms with van der Waals surface area (Å²) in [6, 6.07) is 0. The van der Waals surface area contributed by atoms with Crippen LogP contribution in [0.3, 0.4) is 0 Å². The van der Waals surface area contributed by atoms with Crippen LogP contribution in [0.25, 0.3) is 0 Å². The molecule has 0 amide bonds. The van der Waals surface area contributed by atoms with Crippen LogP contribution in [0.5, 0.6) is 0 Å². The second-order valence-corrected chi connectivity index (χ2v) is 6.06. The van der Waals surface area contributed by atoms with Crippen LogP contribution in [0.1, 0.15) is 33.1 Å². The molecule has 1 unspecified atom stereocenters. The van der Waals surface area contributed by atoms with E-state index in [2.05, 4.69) is 37.7 Å². The van der Waals surface area contributed by atoms with Gasteiger partial charge in [-0.2, -0.15) is 0 Å². The van der Waals surface area contributed by atoms with E-state index in [1.54, 1.807) is 0 Å². The second kappa shape index (κ2) is 5.99. The fourth-order valence-electron chi connectivity index (χ4n) is 2.53. The predicted octanol–water partition coefficient (Wildman–Crippen LogP) is 1.39. The number of nitrogens with two attached hydrogens (primary N) is 1. The minimum absolute atomic E-state index is 0.373. The average molecular weight is 227 g/mol. The third-order valence-corrected chi connectivity index (χ3v) is 3.87. The molecule has 1 saturated heterocycles. The Morgan fingerprint density at radius 2 is 2.06 bits per heavy atom. The summed E-state index contributed by atoms with van der Waals surface area (Å²) in [5.74, 6) is 0.715. The van der Waals surface area contributed by atoms with Crippen molar-refractivity contribution in [3.8, 4) is 0 Å². The minimum atomic E-state index is 0.373. The quantitative estimate of drug-likeness (QED) is 0.770. The van der Waals surface area contributed by atoms with Crippen molar-refractivity contribution in [3.63, 3.8) is 0 Å². The van der Waals surface area contributed by atoms with Crippen LogP contribution >= 0.6 is 0 Å². The van der Waals surface area contributed by atoms with Gasteiger partial charge < -0.3 is 10.6 Å². The maximum absolute atomic E-state index is 5.80. The van der Waals surface area contributed by atoms with Gasteiger partial charge in [-0.3, -0.25) is 4.90 Å². The Balaban J connectivity index is 2.40. The highest BCUT2D eigenvalue weighted by Crippen LogP contribution is 2.29. The molecular weight excluding hydrogens is 198 g/mol. The van der Waals surface area contributed by atoms with E-state index >= 15 is 0 Å². The summed E-state index contributed by atoms with van der Waals surface area (Å²) < 4.78 is 0. The third-order valence-electron chi connectivity index (χ3n) is 3.87. The number of rotatable bonds is 5. The lowest BCUT2D eigenvalue weighted by Gasteiger charge is -2.45. The number of likely N-dealkylation sites (tertiary alicyclic amines) is 1. The summed E-state index contributed by atoms with van der Waals surface area (Å²) in [4.78, 5) is 4.90. The van der Waals surface area contributed by atoms with E-state index in [0.717, 1.165) is 6.54 Å². The van der Waals surface area contributed by atoms with Crippen LogP contribution in [0.4, 0.5) is 0 Å². The number of piperidine rings is 1. The minimum Gasteiger partial charge on any atom is -0.330 e. The molecule has 0 bridgehead atoms. The van der Waals surface area contributed by atoms with E-state index in [1.165, 1.54) is 38.9 Å². The summed E-state index contributed by atoms with van der Waals surface area (Å²) in [6.07, 6.45) is 3.85. The van der Waals surface area contributed by atoms with Gasteiger partial charge in [-0.25, -0.2) is 0 Å². The number of hydrogen-bond donors (Lipinski definition) is 1. The average Bonchev–Trinajstić information content (AvgIpc) is 2.20. The molecule has 0 saturated carbocycles. The van der Waals surface area contributed by atoms with E-state index in [9.17, 15) is 0 Å². The normalized spacial score (nSPS) is 26.2. The van der Waals surface area contributed by atoms with Gasteiger partial charge in [-0.15, -0.1) is 0 Å². The van der Waals surface area contributed by atoms with Gasteiger partial charge in [0.1, 0.15) is 0 Å². The fraction of sp³-hybridized carbons (Fsp3) is 1.00.